The van der Waals surface area contributed by atoms with Crippen LogP contribution in [0.4, 0.5) is 11.4 Å². The first kappa shape index (κ1) is 18.5. The molecule has 1 unspecified atom stereocenters. The fourth-order valence-corrected chi connectivity index (χ4v) is 2.79. The van der Waals surface area contributed by atoms with E-state index in [9.17, 15) is 9.59 Å². The van der Waals surface area contributed by atoms with Crippen LogP contribution in [0.1, 0.15) is 12.5 Å². The van der Waals surface area contributed by atoms with Gasteiger partial charge >= 0.3 is 0 Å². The summed E-state index contributed by atoms with van der Waals surface area (Å²) < 4.78 is 11.2. The number of amides is 2. The van der Waals surface area contributed by atoms with Gasteiger partial charge in [-0.1, -0.05) is 23.8 Å². The van der Waals surface area contributed by atoms with Gasteiger partial charge in [-0.2, -0.15) is 0 Å². The molecular weight excluding hydrogens is 344 g/mol. The molecule has 1 atom stereocenters. The van der Waals surface area contributed by atoms with E-state index in [4.69, 9.17) is 9.47 Å². The Bertz CT molecular complexity index is 861. The van der Waals surface area contributed by atoms with Crippen LogP contribution in [0.25, 0.3) is 0 Å². The second-order valence-corrected chi connectivity index (χ2v) is 6.33. The molecule has 2 amide bonds. The Morgan fingerprint density at radius 3 is 2.74 bits per heavy atom. The quantitative estimate of drug-likeness (QED) is 0.797. The maximum absolute atomic E-state index is 12.2. The van der Waals surface area contributed by atoms with Crippen molar-refractivity contribution in [1.82, 2.24) is 0 Å². The van der Waals surface area contributed by atoms with Crippen LogP contribution in [-0.2, 0) is 9.59 Å². The van der Waals surface area contributed by atoms with Gasteiger partial charge in [-0.3, -0.25) is 9.59 Å². The van der Waals surface area contributed by atoms with Crippen LogP contribution in [0.15, 0.2) is 55.1 Å². The van der Waals surface area contributed by atoms with Gasteiger partial charge in [0.25, 0.3) is 11.8 Å². The van der Waals surface area contributed by atoms with Crippen LogP contribution in [0, 0.1) is 6.92 Å². The van der Waals surface area contributed by atoms with Gasteiger partial charge in [0.1, 0.15) is 11.5 Å². The molecule has 0 spiro atoms. The summed E-state index contributed by atoms with van der Waals surface area (Å²) in [7, 11) is 0. The average molecular weight is 366 g/mol. The molecule has 0 saturated carbocycles. The molecule has 27 heavy (non-hydrogen) atoms. The van der Waals surface area contributed by atoms with Gasteiger partial charge in [0.15, 0.2) is 12.7 Å². The lowest BCUT2D eigenvalue weighted by atomic mass is 10.1. The summed E-state index contributed by atoms with van der Waals surface area (Å²) in [6.45, 7) is 7.67. The van der Waals surface area contributed by atoms with Crippen molar-refractivity contribution in [1.29, 1.82) is 0 Å². The van der Waals surface area contributed by atoms with Crippen LogP contribution < -0.4 is 19.7 Å². The van der Waals surface area contributed by atoms with Gasteiger partial charge < -0.3 is 19.7 Å². The Hall–Kier alpha value is -3.28. The summed E-state index contributed by atoms with van der Waals surface area (Å²) >= 11 is 0. The van der Waals surface area contributed by atoms with Crippen molar-refractivity contribution in [3.63, 3.8) is 0 Å². The largest absolute Gasteiger partial charge is 0.484 e. The topological polar surface area (TPSA) is 67.9 Å². The minimum absolute atomic E-state index is 0.0987. The van der Waals surface area contributed by atoms with Crippen molar-refractivity contribution in [3.8, 4) is 11.5 Å². The number of hydrogen-bond acceptors (Lipinski definition) is 4. The first-order chi connectivity index (χ1) is 13.0. The molecule has 0 aromatic heterocycles. The van der Waals surface area contributed by atoms with Gasteiger partial charge in [0.05, 0.1) is 5.69 Å². The molecule has 140 valence electrons. The van der Waals surface area contributed by atoms with Crippen LogP contribution in [0.3, 0.4) is 0 Å². The van der Waals surface area contributed by atoms with Crippen molar-refractivity contribution in [2.75, 3.05) is 23.4 Å². The lowest BCUT2D eigenvalue weighted by Gasteiger charge is -2.32. The molecule has 1 N–H and O–H groups in total. The summed E-state index contributed by atoms with van der Waals surface area (Å²) in [5.41, 5.74) is 2.36. The molecule has 1 heterocycles. The zero-order chi connectivity index (χ0) is 19.4. The molecule has 2 aromatic rings. The standard InChI is InChI=1S/C21H22N2O4/c1-4-11-23-18-10-7-16(12-19(18)27-15(3)21(23)25)22-20(24)13-26-17-8-5-14(2)6-9-17/h4-10,12,15H,1,11,13H2,2-3H3,(H,22,24). The zero-order valence-electron chi connectivity index (χ0n) is 15.4. The molecule has 6 nitrogen and oxygen atoms in total. The number of nitrogens with one attached hydrogen (secondary N) is 1. The number of rotatable bonds is 6. The number of carbonyl (C=O) groups is 2. The third-order valence-corrected chi connectivity index (χ3v) is 4.15. The molecule has 6 heteroatoms. The number of ether oxygens (including phenoxy) is 2. The zero-order valence-corrected chi connectivity index (χ0v) is 15.4. The number of carbonyl (C=O) groups excluding carboxylic acids is 2. The molecule has 3 rings (SSSR count). The maximum atomic E-state index is 12.2. The summed E-state index contributed by atoms with van der Waals surface area (Å²) in [4.78, 5) is 26.0. The Morgan fingerprint density at radius 1 is 1.30 bits per heavy atom. The van der Waals surface area contributed by atoms with Gasteiger partial charge in [-0.25, -0.2) is 0 Å². The van der Waals surface area contributed by atoms with Crippen LogP contribution in [-0.4, -0.2) is 31.1 Å². The van der Waals surface area contributed by atoms with E-state index in [1.807, 2.05) is 31.2 Å². The molecule has 0 bridgehead atoms. The summed E-state index contributed by atoms with van der Waals surface area (Å²) in [5, 5.41) is 2.78. The third kappa shape index (κ3) is 4.28. The highest BCUT2D eigenvalue weighted by Gasteiger charge is 2.30. The molecule has 0 fully saturated rings. The van der Waals surface area contributed by atoms with E-state index in [0.717, 1.165) is 5.56 Å². The Morgan fingerprint density at radius 2 is 2.04 bits per heavy atom. The van der Waals surface area contributed by atoms with E-state index < -0.39 is 6.10 Å². The highest BCUT2D eigenvalue weighted by molar-refractivity contribution is 6.01. The molecule has 0 aliphatic carbocycles. The highest BCUT2D eigenvalue weighted by Crippen LogP contribution is 2.36. The monoisotopic (exact) mass is 366 g/mol. The van der Waals surface area contributed by atoms with Crippen molar-refractivity contribution in [2.24, 2.45) is 0 Å². The number of fused-ring (bicyclic) bond motifs is 1. The van der Waals surface area contributed by atoms with E-state index in [-0.39, 0.29) is 18.4 Å². The molecule has 0 radical (unpaired) electrons. The number of aryl methyl sites for hydroxylation is 1. The molecule has 0 saturated heterocycles. The second kappa shape index (κ2) is 7.95. The first-order valence-corrected chi connectivity index (χ1v) is 8.70. The Balaban J connectivity index is 1.66. The van der Waals surface area contributed by atoms with Crippen molar-refractivity contribution in [3.05, 3.63) is 60.7 Å². The average Bonchev–Trinajstić information content (AvgIpc) is 2.65. The molecular formula is C21H22N2O4. The van der Waals surface area contributed by atoms with Gasteiger partial charge in [0.2, 0.25) is 0 Å². The lowest BCUT2D eigenvalue weighted by molar-refractivity contribution is -0.125. The smallest absolute Gasteiger partial charge is 0.268 e. The van der Waals surface area contributed by atoms with E-state index in [0.29, 0.717) is 29.4 Å². The number of benzene rings is 2. The van der Waals surface area contributed by atoms with Gasteiger partial charge in [0, 0.05) is 18.3 Å². The fraction of sp³-hybridized carbons (Fsp3) is 0.238. The first-order valence-electron chi connectivity index (χ1n) is 8.70. The molecule has 1 aliphatic rings. The normalized spacial score (nSPS) is 15.6. The summed E-state index contributed by atoms with van der Waals surface area (Å²) in [6, 6.07) is 12.7. The third-order valence-electron chi connectivity index (χ3n) is 4.15. The Labute approximate surface area is 158 Å². The predicted octanol–water partition coefficient (Wildman–Crippen LogP) is 3.31. The minimum atomic E-state index is -0.590. The van der Waals surface area contributed by atoms with Gasteiger partial charge in [-0.15, -0.1) is 6.58 Å². The summed E-state index contributed by atoms with van der Waals surface area (Å²) in [6.07, 6.45) is 1.07. The lowest BCUT2D eigenvalue weighted by Crippen LogP contribution is -2.44. The van der Waals surface area contributed by atoms with Crippen LogP contribution in [0.5, 0.6) is 11.5 Å². The maximum Gasteiger partial charge on any atom is 0.268 e. The molecule has 2 aromatic carbocycles. The fourth-order valence-electron chi connectivity index (χ4n) is 2.79. The van der Waals surface area contributed by atoms with Crippen molar-refractivity contribution in [2.45, 2.75) is 20.0 Å². The highest BCUT2D eigenvalue weighted by atomic mass is 16.5. The second-order valence-electron chi connectivity index (χ2n) is 6.33. The van der Waals surface area contributed by atoms with E-state index in [1.165, 1.54) is 0 Å². The van der Waals surface area contributed by atoms with E-state index in [1.54, 1.807) is 36.1 Å². The van der Waals surface area contributed by atoms with E-state index in [2.05, 4.69) is 11.9 Å². The summed E-state index contributed by atoms with van der Waals surface area (Å²) in [5.74, 6) is 0.780. The number of hydrogen-bond donors (Lipinski definition) is 1. The van der Waals surface area contributed by atoms with Crippen molar-refractivity contribution >= 4 is 23.2 Å². The van der Waals surface area contributed by atoms with Crippen molar-refractivity contribution < 1.29 is 19.1 Å². The van der Waals surface area contributed by atoms with Gasteiger partial charge in [-0.05, 0) is 38.1 Å². The minimum Gasteiger partial charge on any atom is -0.484 e. The van der Waals surface area contributed by atoms with E-state index >= 15 is 0 Å². The number of nitrogens with zero attached hydrogens (tertiary/aromatic N) is 1. The number of anilines is 2. The van der Waals surface area contributed by atoms with Crippen LogP contribution >= 0.6 is 0 Å². The SMILES string of the molecule is C=CCN1C(=O)C(C)Oc2cc(NC(=O)COc3ccc(C)cc3)ccc21. The van der Waals surface area contributed by atoms with Crippen LogP contribution in [0.2, 0.25) is 0 Å². The molecule has 1 aliphatic heterocycles. The predicted molar refractivity (Wildman–Crippen MR) is 104 cm³/mol. The Kier molecular flexibility index (Phi) is 5.45.